The molecule has 1 saturated heterocycles. The molecule has 3 unspecified atom stereocenters. The number of aromatic nitrogens is 2. The number of hydrogen-bond donors (Lipinski definition) is 0. The number of esters is 1. The molecule has 2 aromatic rings. The van der Waals surface area contributed by atoms with Crippen LogP contribution in [-0.4, -0.2) is 58.3 Å². The molecule has 0 bridgehead atoms. The van der Waals surface area contributed by atoms with Crippen LogP contribution < -0.4 is 0 Å². The minimum Gasteiger partial charge on any atom is -0.453 e. The molecule has 9 heteroatoms. The maximum Gasteiger partial charge on any atom is 0.307 e. The minimum absolute atomic E-state index is 0.00140. The van der Waals surface area contributed by atoms with Gasteiger partial charge in [0.2, 0.25) is 11.7 Å². The van der Waals surface area contributed by atoms with E-state index in [9.17, 15) is 14.0 Å². The molecule has 29 heavy (non-hydrogen) atoms. The van der Waals surface area contributed by atoms with Crippen molar-refractivity contribution in [3.05, 3.63) is 36.0 Å². The number of morpholine rings is 1. The Balaban J connectivity index is 1.48. The molecule has 1 aliphatic heterocycles. The Labute approximate surface area is 168 Å². The summed E-state index contributed by atoms with van der Waals surface area (Å²) in [5, 5.41) is 3.83. The maximum absolute atomic E-state index is 13.0. The SMILES string of the molecule is CC1CN(C(=O)C(C)OC(=O)CCc2nc(-c3ccc(F)cc3)no2)CC(C)O1. The standard InChI is InChI=1S/C20H24FN3O5/c1-12-10-24(11-13(2)27-12)20(26)14(3)28-18(25)9-8-17-22-19(23-29-17)15-4-6-16(21)7-5-15/h4-7,12-14H,8-11H2,1-3H3. The highest BCUT2D eigenvalue weighted by molar-refractivity contribution is 5.83. The fraction of sp³-hybridized carbons (Fsp3) is 0.500. The van der Waals surface area contributed by atoms with Gasteiger partial charge < -0.3 is 18.9 Å². The lowest BCUT2D eigenvalue weighted by Gasteiger charge is -2.36. The fourth-order valence-corrected chi connectivity index (χ4v) is 3.20. The molecule has 1 fully saturated rings. The maximum atomic E-state index is 13.0. The Morgan fingerprint density at radius 2 is 1.90 bits per heavy atom. The van der Waals surface area contributed by atoms with Crippen LogP contribution in [0.4, 0.5) is 4.39 Å². The Bertz CT molecular complexity index is 844. The van der Waals surface area contributed by atoms with E-state index >= 15 is 0 Å². The van der Waals surface area contributed by atoms with Gasteiger partial charge in [-0.05, 0) is 45.0 Å². The predicted octanol–water partition coefficient (Wildman–Crippen LogP) is 2.38. The number of ether oxygens (including phenoxy) is 2. The number of halogens is 1. The van der Waals surface area contributed by atoms with Crippen molar-refractivity contribution in [3.8, 4) is 11.4 Å². The third kappa shape index (κ3) is 5.60. The van der Waals surface area contributed by atoms with Crippen LogP contribution in [0.2, 0.25) is 0 Å². The number of rotatable bonds is 6. The Morgan fingerprint density at radius 3 is 2.55 bits per heavy atom. The first-order valence-electron chi connectivity index (χ1n) is 9.54. The average Bonchev–Trinajstić information content (AvgIpc) is 3.14. The summed E-state index contributed by atoms with van der Waals surface area (Å²) in [6.07, 6.45) is -0.813. The molecule has 3 atom stereocenters. The van der Waals surface area contributed by atoms with Crippen molar-refractivity contribution in [1.82, 2.24) is 15.0 Å². The van der Waals surface area contributed by atoms with Gasteiger partial charge in [-0.3, -0.25) is 9.59 Å². The summed E-state index contributed by atoms with van der Waals surface area (Å²) in [5.74, 6) is -0.549. The summed E-state index contributed by atoms with van der Waals surface area (Å²) in [5.41, 5.74) is 0.608. The second kappa shape index (κ2) is 9.13. The summed E-state index contributed by atoms with van der Waals surface area (Å²) < 4.78 is 29.0. The molecule has 1 aromatic carbocycles. The van der Waals surface area contributed by atoms with Crippen LogP contribution in [0.15, 0.2) is 28.8 Å². The second-order valence-electron chi connectivity index (χ2n) is 7.15. The molecule has 2 heterocycles. The summed E-state index contributed by atoms with van der Waals surface area (Å²) in [4.78, 5) is 30.5. The molecule has 0 saturated carbocycles. The molecule has 156 valence electrons. The predicted molar refractivity (Wildman–Crippen MR) is 100 cm³/mol. The van der Waals surface area contributed by atoms with Crippen molar-refractivity contribution >= 4 is 11.9 Å². The Morgan fingerprint density at radius 1 is 1.24 bits per heavy atom. The van der Waals surface area contributed by atoms with Gasteiger partial charge in [0, 0.05) is 25.1 Å². The van der Waals surface area contributed by atoms with Gasteiger partial charge in [-0.25, -0.2) is 4.39 Å². The number of benzene rings is 1. The molecule has 3 rings (SSSR count). The van der Waals surface area contributed by atoms with Crippen molar-refractivity contribution in [2.24, 2.45) is 0 Å². The smallest absolute Gasteiger partial charge is 0.307 e. The third-order valence-corrected chi connectivity index (χ3v) is 4.50. The molecule has 0 N–H and O–H groups in total. The van der Waals surface area contributed by atoms with Gasteiger partial charge >= 0.3 is 5.97 Å². The van der Waals surface area contributed by atoms with Crippen LogP contribution in [0.5, 0.6) is 0 Å². The highest BCUT2D eigenvalue weighted by Gasteiger charge is 2.30. The van der Waals surface area contributed by atoms with Gasteiger partial charge in [0.15, 0.2) is 6.10 Å². The van der Waals surface area contributed by atoms with Gasteiger partial charge in [-0.2, -0.15) is 4.98 Å². The molecule has 8 nitrogen and oxygen atoms in total. The first-order chi connectivity index (χ1) is 13.8. The molecular formula is C20H24FN3O5. The highest BCUT2D eigenvalue weighted by atomic mass is 19.1. The number of carbonyl (C=O) groups is 2. The summed E-state index contributed by atoms with van der Waals surface area (Å²) in [7, 11) is 0. The van der Waals surface area contributed by atoms with Crippen LogP contribution in [0.25, 0.3) is 11.4 Å². The monoisotopic (exact) mass is 405 g/mol. The number of carbonyl (C=O) groups excluding carboxylic acids is 2. The molecule has 0 spiro atoms. The number of amides is 1. The van der Waals surface area contributed by atoms with E-state index in [-0.39, 0.29) is 42.7 Å². The first-order valence-corrected chi connectivity index (χ1v) is 9.54. The largest absolute Gasteiger partial charge is 0.453 e. The summed E-state index contributed by atoms with van der Waals surface area (Å²) in [6, 6.07) is 5.69. The van der Waals surface area contributed by atoms with Crippen LogP contribution in [-0.2, 0) is 25.5 Å². The third-order valence-electron chi connectivity index (χ3n) is 4.50. The lowest BCUT2D eigenvalue weighted by atomic mass is 10.2. The lowest BCUT2D eigenvalue weighted by Crippen LogP contribution is -2.51. The Kier molecular flexibility index (Phi) is 6.58. The zero-order chi connectivity index (χ0) is 21.0. The Hall–Kier alpha value is -2.81. The van der Waals surface area contributed by atoms with Crippen LogP contribution >= 0.6 is 0 Å². The zero-order valence-electron chi connectivity index (χ0n) is 16.6. The van der Waals surface area contributed by atoms with Gasteiger partial charge in [0.1, 0.15) is 5.82 Å². The van der Waals surface area contributed by atoms with Crippen LogP contribution in [0.1, 0.15) is 33.1 Å². The van der Waals surface area contributed by atoms with E-state index < -0.39 is 12.1 Å². The van der Waals surface area contributed by atoms with Crippen molar-refractivity contribution in [2.75, 3.05) is 13.1 Å². The van der Waals surface area contributed by atoms with Crippen molar-refractivity contribution < 1.29 is 28.0 Å². The fourth-order valence-electron chi connectivity index (χ4n) is 3.20. The van der Waals surface area contributed by atoms with E-state index in [2.05, 4.69) is 10.1 Å². The van der Waals surface area contributed by atoms with Crippen molar-refractivity contribution in [2.45, 2.75) is 51.9 Å². The van der Waals surface area contributed by atoms with E-state index in [0.717, 1.165) is 0 Å². The normalized spacial score (nSPS) is 20.3. The van der Waals surface area contributed by atoms with Crippen molar-refractivity contribution in [3.63, 3.8) is 0 Å². The van der Waals surface area contributed by atoms with E-state index in [1.807, 2.05) is 13.8 Å². The van der Waals surface area contributed by atoms with E-state index in [1.54, 1.807) is 24.0 Å². The van der Waals surface area contributed by atoms with E-state index in [0.29, 0.717) is 24.5 Å². The minimum atomic E-state index is -0.877. The molecule has 1 amide bonds. The van der Waals surface area contributed by atoms with Gasteiger partial charge in [0.25, 0.3) is 5.91 Å². The molecule has 1 aromatic heterocycles. The van der Waals surface area contributed by atoms with Gasteiger partial charge in [-0.15, -0.1) is 0 Å². The summed E-state index contributed by atoms with van der Waals surface area (Å²) in [6.45, 7) is 6.30. The zero-order valence-corrected chi connectivity index (χ0v) is 16.6. The lowest BCUT2D eigenvalue weighted by molar-refractivity contribution is -0.164. The van der Waals surface area contributed by atoms with Gasteiger partial charge in [-0.1, -0.05) is 5.16 Å². The number of nitrogens with zero attached hydrogens (tertiary/aromatic N) is 3. The average molecular weight is 405 g/mol. The van der Waals surface area contributed by atoms with Crippen LogP contribution in [0, 0.1) is 5.82 Å². The molecular weight excluding hydrogens is 381 g/mol. The highest BCUT2D eigenvalue weighted by Crippen LogP contribution is 2.17. The van der Waals surface area contributed by atoms with E-state index in [1.165, 1.54) is 12.1 Å². The van der Waals surface area contributed by atoms with Gasteiger partial charge in [0.05, 0.1) is 18.6 Å². The molecule has 0 radical (unpaired) electrons. The first kappa shape index (κ1) is 20.9. The molecule has 1 aliphatic rings. The number of hydrogen-bond acceptors (Lipinski definition) is 7. The quantitative estimate of drug-likeness (QED) is 0.681. The molecule has 0 aliphatic carbocycles. The van der Waals surface area contributed by atoms with E-state index in [4.69, 9.17) is 14.0 Å². The summed E-state index contributed by atoms with van der Waals surface area (Å²) >= 11 is 0. The van der Waals surface area contributed by atoms with Crippen LogP contribution in [0.3, 0.4) is 0 Å². The topological polar surface area (TPSA) is 94.8 Å². The van der Waals surface area contributed by atoms with Crippen molar-refractivity contribution in [1.29, 1.82) is 0 Å². The second-order valence-corrected chi connectivity index (χ2v) is 7.15. The number of aryl methyl sites for hydroxylation is 1.